The van der Waals surface area contributed by atoms with Gasteiger partial charge in [-0.15, -0.1) is 0 Å². The Bertz CT molecular complexity index is 1200. The van der Waals surface area contributed by atoms with Gasteiger partial charge in [-0.1, -0.05) is 234 Å². The van der Waals surface area contributed by atoms with E-state index < -0.39 is 14.2 Å². The molecule has 3 nitrogen and oxygen atoms in total. The molecule has 322 valence electrons. The van der Waals surface area contributed by atoms with Gasteiger partial charge in [0.1, 0.15) is 5.60 Å². The quantitative estimate of drug-likeness (QED) is 0.0545. The van der Waals surface area contributed by atoms with E-state index in [9.17, 15) is 0 Å². The summed E-state index contributed by atoms with van der Waals surface area (Å²) in [6.45, 7) is 26.7. The molecule has 0 atom stereocenters. The Labute approximate surface area is 350 Å². The van der Waals surface area contributed by atoms with Crippen LogP contribution in [0.4, 0.5) is 0 Å². The summed E-state index contributed by atoms with van der Waals surface area (Å²) in [6.07, 6.45) is 31.0. The topological polar surface area (TPSA) is 27.7 Å². The summed E-state index contributed by atoms with van der Waals surface area (Å²) in [7, 11) is -1.58. The van der Waals surface area contributed by atoms with E-state index in [0.29, 0.717) is 13.2 Å². The normalized spacial score (nSPS) is 12.6. The largest absolute Gasteiger partial charge is 0.333 e. The van der Waals surface area contributed by atoms with Gasteiger partial charge >= 0.3 is 8.60 Å². The van der Waals surface area contributed by atoms with Crippen LogP contribution in [0.25, 0.3) is 0 Å². The van der Waals surface area contributed by atoms with Crippen molar-refractivity contribution in [2.45, 2.75) is 247 Å². The van der Waals surface area contributed by atoms with Gasteiger partial charge in [0.25, 0.3) is 0 Å². The highest BCUT2D eigenvalue weighted by Gasteiger charge is 2.42. The van der Waals surface area contributed by atoms with Crippen molar-refractivity contribution < 1.29 is 13.6 Å². The van der Waals surface area contributed by atoms with Gasteiger partial charge in [0.05, 0.1) is 13.2 Å². The summed E-state index contributed by atoms with van der Waals surface area (Å²) in [6, 6.07) is 14.1. The Balaban J connectivity index is 2.30. The van der Waals surface area contributed by atoms with Crippen molar-refractivity contribution in [3.63, 3.8) is 0 Å². The Morgan fingerprint density at radius 1 is 0.429 bits per heavy atom. The van der Waals surface area contributed by atoms with Crippen LogP contribution >= 0.6 is 8.60 Å². The summed E-state index contributed by atoms with van der Waals surface area (Å²) < 4.78 is 21.1. The Hall–Kier alpha value is -1.25. The fourth-order valence-electron chi connectivity index (χ4n) is 7.99. The van der Waals surface area contributed by atoms with Crippen LogP contribution < -0.4 is 0 Å². The average Bonchev–Trinajstić information content (AvgIpc) is 3.14. The molecular weight excluding hydrogens is 704 g/mol. The molecular formula is C52H91O3P. The highest BCUT2D eigenvalue weighted by Crippen LogP contribution is 2.54. The minimum atomic E-state index is -1.58. The Morgan fingerprint density at radius 2 is 0.750 bits per heavy atom. The fraction of sp³-hybridized carbons (Fsp3) is 0.769. The molecule has 0 aliphatic heterocycles. The molecule has 0 fully saturated rings. The second-order valence-electron chi connectivity index (χ2n) is 19.2. The van der Waals surface area contributed by atoms with Gasteiger partial charge in [0.2, 0.25) is 0 Å². The van der Waals surface area contributed by atoms with Crippen molar-refractivity contribution in [2.24, 2.45) is 0 Å². The third kappa shape index (κ3) is 19.2. The van der Waals surface area contributed by atoms with Crippen molar-refractivity contribution in [3.05, 3.63) is 69.8 Å². The molecule has 2 rings (SSSR count). The third-order valence-electron chi connectivity index (χ3n) is 11.8. The van der Waals surface area contributed by atoms with Crippen molar-refractivity contribution in [3.8, 4) is 0 Å². The lowest BCUT2D eigenvalue weighted by molar-refractivity contribution is 0.0519. The van der Waals surface area contributed by atoms with Crippen LogP contribution in [0.2, 0.25) is 0 Å². The predicted octanol–water partition coefficient (Wildman–Crippen LogP) is 17.8. The number of unbranched alkanes of at least 4 members (excludes halogenated alkanes) is 20. The summed E-state index contributed by atoms with van der Waals surface area (Å²) in [4.78, 5) is 0. The van der Waals surface area contributed by atoms with Crippen molar-refractivity contribution in [1.29, 1.82) is 0 Å². The van der Waals surface area contributed by atoms with Gasteiger partial charge in [-0.05, 0) is 77.3 Å². The Morgan fingerprint density at radius 3 is 1.05 bits per heavy atom. The molecule has 0 unspecified atom stereocenters. The molecule has 0 spiro atoms. The standard InChI is InChI=1S/C52H91O3P/c1-12-15-17-19-21-23-25-27-29-31-33-40-53-56(54-41-34-32-30-28-26-24-22-20-18-16-13-2)55-52(39-14-3,48-42-46(50(6,7)8)37-35-44(48)4)49-43-47(51(9,10)11)38-36-45(49)5/h35-38,42-43H,12-34,39-41H2,1-11H3. The fourth-order valence-corrected chi connectivity index (χ4v) is 9.26. The molecule has 0 radical (unpaired) electrons. The SMILES string of the molecule is CCCCCCCCCCCCCOP(OCCCCCCCCCCCCC)OC(CCC)(c1cc(C(C)(C)C)ccc1C)c1cc(C(C)(C)C)ccc1C. The van der Waals surface area contributed by atoms with Gasteiger partial charge in [-0.2, -0.15) is 0 Å². The van der Waals surface area contributed by atoms with Crippen LogP contribution in [0.5, 0.6) is 0 Å². The second kappa shape index (κ2) is 28.3. The minimum Gasteiger partial charge on any atom is -0.312 e. The van der Waals surface area contributed by atoms with E-state index in [1.807, 2.05) is 0 Å². The molecule has 2 aromatic carbocycles. The van der Waals surface area contributed by atoms with Crippen molar-refractivity contribution in [1.82, 2.24) is 0 Å². The van der Waals surface area contributed by atoms with E-state index in [-0.39, 0.29) is 10.8 Å². The zero-order chi connectivity index (χ0) is 41.3. The van der Waals surface area contributed by atoms with E-state index in [2.05, 4.69) is 113 Å². The molecule has 0 aliphatic carbocycles. The summed E-state index contributed by atoms with van der Waals surface area (Å²) in [5.41, 5.74) is 7.05. The molecule has 4 heteroatoms. The van der Waals surface area contributed by atoms with Crippen LogP contribution in [-0.2, 0) is 30.0 Å². The van der Waals surface area contributed by atoms with Crippen LogP contribution in [0, 0.1) is 13.8 Å². The van der Waals surface area contributed by atoms with Crippen LogP contribution in [0.15, 0.2) is 36.4 Å². The lowest BCUT2D eigenvalue weighted by Gasteiger charge is -2.40. The molecule has 0 aromatic heterocycles. The Kier molecular flexibility index (Phi) is 25.7. The highest BCUT2D eigenvalue weighted by molar-refractivity contribution is 7.41. The third-order valence-corrected chi connectivity index (χ3v) is 13.0. The predicted molar refractivity (Wildman–Crippen MR) is 248 cm³/mol. The van der Waals surface area contributed by atoms with Crippen LogP contribution in [0.3, 0.4) is 0 Å². The molecule has 0 saturated carbocycles. The van der Waals surface area contributed by atoms with Gasteiger partial charge in [-0.25, -0.2) is 0 Å². The molecule has 0 bridgehead atoms. The first-order valence-electron chi connectivity index (χ1n) is 23.8. The number of benzene rings is 2. The first-order chi connectivity index (χ1) is 26.8. The minimum absolute atomic E-state index is 0.0184. The van der Waals surface area contributed by atoms with Crippen molar-refractivity contribution >= 4 is 8.60 Å². The maximum absolute atomic E-state index is 7.57. The lowest BCUT2D eigenvalue weighted by Crippen LogP contribution is -2.33. The molecule has 2 aromatic rings. The molecule has 0 N–H and O–H groups in total. The van der Waals surface area contributed by atoms with Crippen molar-refractivity contribution in [2.75, 3.05) is 13.2 Å². The smallest absolute Gasteiger partial charge is 0.312 e. The summed E-state index contributed by atoms with van der Waals surface area (Å²) in [5, 5.41) is 0. The first-order valence-corrected chi connectivity index (χ1v) is 24.9. The van der Waals surface area contributed by atoms with Gasteiger partial charge in [0.15, 0.2) is 0 Å². The zero-order valence-corrected chi connectivity index (χ0v) is 39.9. The zero-order valence-electron chi connectivity index (χ0n) is 39.0. The number of hydrogen-bond acceptors (Lipinski definition) is 3. The number of aryl methyl sites for hydroxylation is 2. The van der Waals surface area contributed by atoms with E-state index >= 15 is 0 Å². The van der Waals surface area contributed by atoms with E-state index in [4.69, 9.17) is 13.6 Å². The summed E-state index contributed by atoms with van der Waals surface area (Å²) in [5.74, 6) is 0. The molecule has 0 amide bonds. The van der Waals surface area contributed by atoms with E-state index in [0.717, 1.165) is 25.7 Å². The highest BCUT2D eigenvalue weighted by atomic mass is 31.2. The maximum atomic E-state index is 7.57. The van der Waals surface area contributed by atoms with Gasteiger partial charge in [0, 0.05) is 0 Å². The van der Waals surface area contributed by atoms with E-state index in [1.54, 1.807) is 0 Å². The molecule has 0 aliphatic rings. The van der Waals surface area contributed by atoms with Crippen LogP contribution in [0.1, 0.15) is 250 Å². The maximum Gasteiger partial charge on any atom is 0.333 e. The molecule has 0 saturated heterocycles. The van der Waals surface area contributed by atoms with Crippen LogP contribution in [-0.4, -0.2) is 13.2 Å². The lowest BCUT2D eigenvalue weighted by atomic mass is 9.74. The van der Waals surface area contributed by atoms with E-state index in [1.165, 1.54) is 162 Å². The second-order valence-corrected chi connectivity index (χ2v) is 20.3. The number of hydrogen-bond donors (Lipinski definition) is 0. The number of rotatable bonds is 32. The summed E-state index contributed by atoms with van der Waals surface area (Å²) >= 11 is 0. The van der Waals surface area contributed by atoms with Gasteiger partial charge in [-0.3, -0.25) is 4.52 Å². The average molecular weight is 795 g/mol. The first kappa shape index (κ1) is 50.9. The molecule has 56 heavy (non-hydrogen) atoms. The monoisotopic (exact) mass is 795 g/mol. The molecule has 0 heterocycles. The van der Waals surface area contributed by atoms with Gasteiger partial charge < -0.3 is 9.05 Å².